The first-order valence-electron chi connectivity index (χ1n) is 9.05. The van der Waals surface area contributed by atoms with Crippen molar-refractivity contribution in [2.75, 3.05) is 23.7 Å². The number of rotatable bonds is 8. The van der Waals surface area contributed by atoms with Gasteiger partial charge < -0.3 is 16.0 Å². The minimum absolute atomic E-state index is 0.104. The molecule has 0 spiro atoms. The van der Waals surface area contributed by atoms with E-state index in [9.17, 15) is 9.59 Å². The lowest BCUT2D eigenvalue weighted by atomic mass is 10.1. The zero-order valence-electron chi connectivity index (χ0n) is 15.7. The smallest absolute Gasteiger partial charge is 0.251 e. The molecule has 3 N–H and O–H groups in total. The van der Waals surface area contributed by atoms with Gasteiger partial charge in [-0.3, -0.25) is 9.59 Å². The van der Waals surface area contributed by atoms with E-state index in [0.29, 0.717) is 12.1 Å². The van der Waals surface area contributed by atoms with Gasteiger partial charge in [0.25, 0.3) is 5.91 Å². The Hall–Kier alpha value is -2.82. The fourth-order valence-electron chi connectivity index (χ4n) is 2.68. The Labute approximate surface area is 155 Å². The number of hydrogen-bond acceptors (Lipinski definition) is 3. The van der Waals surface area contributed by atoms with Crippen LogP contribution in [0.25, 0.3) is 0 Å². The highest BCUT2D eigenvalue weighted by Gasteiger charge is 2.09. The highest BCUT2D eigenvalue weighted by atomic mass is 16.2. The molecular weight excluding hydrogens is 326 g/mol. The fourth-order valence-corrected chi connectivity index (χ4v) is 2.68. The summed E-state index contributed by atoms with van der Waals surface area (Å²) in [6.45, 7) is 6.85. The number of amides is 2. The first-order chi connectivity index (χ1) is 12.5. The van der Waals surface area contributed by atoms with E-state index in [1.807, 2.05) is 38.1 Å². The van der Waals surface area contributed by atoms with Gasteiger partial charge in [0, 0.05) is 23.5 Å². The highest BCUT2D eigenvalue weighted by Crippen LogP contribution is 2.21. The zero-order chi connectivity index (χ0) is 18.9. The van der Waals surface area contributed by atoms with Gasteiger partial charge in [0.1, 0.15) is 0 Å². The second-order valence-electron chi connectivity index (χ2n) is 6.20. The van der Waals surface area contributed by atoms with E-state index in [4.69, 9.17) is 0 Å². The number of para-hydroxylation sites is 1. The van der Waals surface area contributed by atoms with Crippen molar-refractivity contribution in [3.63, 3.8) is 0 Å². The molecule has 138 valence electrons. The maximum atomic E-state index is 12.3. The first-order valence-corrected chi connectivity index (χ1v) is 9.05. The number of aryl methyl sites for hydroxylation is 2. The lowest BCUT2D eigenvalue weighted by molar-refractivity contribution is -0.114. The van der Waals surface area contributed by atoms with Crippen molar-refractivity contribution < 1.29 is 9.59 Å². The zero-order valence-corrected chi connectivity index (χ0v) is 15.7. The number of benzene rings is 2. The van der Waals surface area contributed by atoms with Crippen molar-refractivity contribution in [2.24, 2.45) is 0 Å². The third-order valence-electron chi connectivity index (χ3n) is 4.12. The summed E-state index contributed by atoms with van der Waals surface area (Å²) < 4.78 is 0. The molecule has 5 nitrogen and oxygen atoms in total. The van der Waals surface area contributed by atoms with Crippen LogP contribution >= 0.6 is 0 Å². The second-order valence-corrected chi connectivity index (χ2v) is 6.20. The van der Waals surface area contributed by atoms with E-state index in [2.05, 4.69) is 22.9 Å². The Kier molecular flexibility index (Phi) is 7.21. The normalized spacial score (nSPS) is 10.3. The van der Waals surface area contributed by atoms with Gasteiger partial charge in [-0.2, -0.15) is 0 Å². The van der Waals surface area contributed by atoms with Crippen molar-refractivity contribution in [3.05, 3.63) is 59.2 Å². The summed E-state index contributed by atoms with van der Waals surface area (Å²) in [5.41, 5.74) is 4.37. The number of nitrogens with one attached hydrogen (secondary N) is 3. The molecule has 0 unspecified atom stereocenters. The molecule has 0 aliphatic heterocycles. The fraction of sp³-hybridized carbons (Fsp3) is 0.333. The third-order valence-corrected chi connectivity index (χ3v) is 4.12. The lowest BCUT2D eigenvalue weighted by Gasteiger charge is -2.14. The minimum atomic E-state index is -0.116. The van der Waals surface area contributed by atoms with Crippen molar-refractivity contribution in [1.82, 2.24) is 5.32 Å². The summed E-state index contributed by atoms with van der Waals surface area (Å²) in [5.74, 6) is -0.220. The van der Waals surface area contributed by atoms with Gasteiger partial charge in [-0.15, -0.1) is 0 Å². The molecule has 0 heterocycles. The Bertz CT molecular complexity index is 772. The molecule has 5 heteroatoms. The van der Waals surface area contributed by atoms with Gasteiger partial charge >= 0.3 is 0 Å². The molecule has 2 aromatic rings. The number of hydrogen-bond donors (Lipinski definition) is 3. The number of carbonyl (C=O) groups excluding carboxylic acids is 2. The average Bonchev–Trinajstić information content (AvgIpc) is 2.66. The maximum absolute atomic E-state index is 12.3. The molecule has 0 saturated heterocycles. The predicted octanol–water partition coefficient (Wildman–Crippen LogP) is 3.75. The topological polar surface area (TPSA) is 70.2 Å². The summed E-state index contributed by atoms with van der Waals surface area (Å²) in [4.78, 5) is 24.3. The number of carbonyl (C=O) groups is 2. The maximum Gasteiger partial charge on any atom is 0.251 e. The predicted molar refractivity (Wildman–Crippen MR) is 107 cm³/mol. The van der Waals surface area contributed by atoms with Gasteiger partial charge in [-0.05, 0) is 49.1 Å². The van der Waals surface area contributed by atoms with Crippen LogP contribution in [0.1, 0.15) is 41.8 Å². The van der Waals surface area contributed by atoms with Crippen LogP contribution in [0.2, 0.25) is 0 Å². The van der Waals surface area contributed by atoms with Crippen LogP contribution in [-0.4, -0.2) is 24.9 Å². The quantitative estimate of drug-likeness (QED) is 0.677. The van der Waals surface area contributed by atoms with E-state index >= 15 is 0 Å². The van der Waals surface area contributed by atoms with Crippen molar-refractivity contribution in [3.8, 4) is 0 Å². The largest absolute Gasteiger partial charge is 0.376 e. The first kappa shape index (κ1) is 19.5. The lowest BCUT2D eigenvalue weighted by Crippen LogP contribution is -2.25. The van der Waals surface area contributed by atoms with Crippen LogP contribution in [0.3, 0.4) is 0 Å². The van der Waals surface area contributed by atoms with Crippen LogP contribution in [0, 0.1) is 6.92 Å². The summed E-state index contributed by atoms with van der Waals surface area (Å²) in [5, 5.41) is 8.91. The van der Waals surface area contributed by atoms with Crippen molar-refractivity contribution >= 4 is 23.2 Å². The molecule has 2 rings (SSSR count). The molecule has 26 heavy (non-hydrogen) atoms. The van der Waals surface area contributed by atoms with Crippen molar-refractivity contribution in [2.45, 2.75) is 33.6 Å². The van der Waals surface area contributed by atoms with E-state index in [1.165, 1.54) is 0 Å². The van der Waals surface area contributed by atoms with Crippen LogP contribution in [0.5, 0.6) is 0 Å². The summed E-state index contributed by atoms with van der Waals surface area (Å²) >= 11 is 0. The van der Waals surface area contributed by atoms with Gasteiger partial charge in [0.2, 0.25) is 5.91 Å². The molecule has 0 atom stereocenters. The van der Waals surface area contributed by atoms with E-state index in [1.54, 1.807) is 18.2 Å². The molecule has 0 radical (unpaired) electrons. The van der Waals surface area contributed by atoms with E-state index in [-0.39, 0.29) is 18.4 Å². The molecule has 0 bridgehead atoms. The second kappa shape index (κ2) is 9.61. The minimum Gasteiger partial charge on any atom is -0.376 e. The average molecular weight is 353 g/mol. The Morgan fingerprint density at radius 2 is 1.81 bits per heavy atom. The number of anilines is 2. The Morgan fingerprint density at radius 3 is 2.54 bits per heavy atom. The van der Waals surface area contributed by atoms with Crippen molar-refractivity contribution in [1.29, 1.82) is 0 Å². The molecule has 2 amide bonds. The van der Waals surface area contributed by atoms with E-state index < -0.39 is 0 Å². The highest BCUT2D eigenvalue weighted by molar-refractivity contribution is 5.96. The molecule has 0 aliphatic rings. The molecule has 0 fully saturated rings. The van der Waals surface area contributed by atoms with Gasteiger partial charge in [0.05, 0.1) is 6.54 Å². The van der Waals surface area contributed by atoms with E-state index in [0.717, 1.165) is 35.3 Å². The molecule has 0 aromatic heterocycles. The molecular formula is C21H27N3O2. The van der Waals surface area contributed by atoms with Crippen LogP contribution in [-0.2, 0) is 11.2 Å². The SMILES string of the molecule is CCCNC(=O)c1cccc(NCC(=O)Nc2c(C)cccc2CC)c1. The summed E-state index contributed by atoms with van der Waals surface area (Å²) in [7, 11) is 0. The molecule has 0 aliphatic carbocycles. The Morgan fingerprint density at radius 1 is 1.04 bits per heavy atom. The Balaban J connectivity index is 1.97. The van der Waals surface area contributed by atoms with Crippen LogP contribution < -0.4 is 16.0 Å². The van der Waals surface area contributed by atoms with Crippen LogP contribution in [0.15, 0.2) is 42.5 Å². The van der Waals surface area contributed by atoms with Crippen LogP contribution in [0.4, 0.5) is 11.4 Å². The van der Waals surface area contributed by atoms with Gasteiger partial charge in [-0.1, -0.05) is 38.1 Å². The summed E-state index contributed by atoms with van der Waals surface area (Å²) in [6, 6.07) is 13.2. The summed E-state index contributed by atoms with van der Waals surface area (Å²) in [6.07, 6.45) is 1.75. The van der Waals surface area contributed by atoms with Gasteiger partial charge in [0.15, 0.2) is 0 Å². The molecule has 2 aromatic carbocycles. The molecule has 0 saturated carbocycles. The van der Waals surface area contributed by atoms with Gasteiger partial charge in [-0.25, -0.2) is 0 Å². The monoisotopic (exact) mass is 353 g/mol. The third kappa shape index (κ3) is 5.34. The standard InChI is InChI=1S/C21H27N3O2/c1-4-12-22-21(26)17-10-7-11-18(13-17)23-14-19(25)24-20-15(3)8-6-9-16(20)5-2/h6-11,13,23H,4-5,12,14H2,1-3H3,(H,22,26)(H,24,25).